The van der Waals surface area contributed by atoms with Gasteiger partial charge in [0.05, 0.1) is 5.69 Å². The second-order valence-corrected chi connectivity index (χ2v) is 9.41. The monoisotopic (exact) mass is 437 g/mol. The van der Waals surface area contributed by atoms with Gasteiger partial charge in [-0.1, -0.05) is 111 Å². The summed E-state index contributed by atoms with van der Waals surface area (Å²) in [6, 6.07) is 39.5. The van der Waals surface area contributed by atoms with E-state index >= 15 is 0 Å². The highest BCUT2D eigenvalue weighted by atomic mass is 14.7. The van der Waals surface area contributed by atoms with E-state index in [-0.39, 0.29) is 5.92 Å². The van der Waals surface area contributed by atoms with Crippen LogP contribution in [0.25, 0.3) is 33.5 Å². The van der Waals surface area contributed by atoms with Crippen LogP contribution >= 0.6 is 0 Å². The summed E-state index contributed by atoms with van der Waals surface area (Å²) in [7, 11) is 0. The van der Waals surface area contributed by atoms with Crippen LogP contribution in [-0.2, 0) is 0 Å². The van der Waals surface area contributed by atoms with Gasteiger partial charge >= 0.3 is 0 Å². The van der Waals surface area contributed by atoms with Crippen LogP contribution in [0.3, 0.4) is 0 Å². The predicted molar refractivity (Wildman–Crippen MR) is 142 cm³/mol. The highest BCUT2D eigenvalue weighted by Gasteiger charge is 2.29. The van der Waals surface area contributed by atoms with Crippen molar-refractivity contribution in [2.24, 2.45) is 0 Å². The molecule has 1 aliphatic carbocycles. The van der Waals surface area contributed by atoms with E-state index in [4.69, 9.17) is 4.98 Å². The fourth-order valence-electron chi connectivity index (χ4n) is 5.32. The molecule has 34 heavy (non-hydrogen) atoms. The molecule has 1 aromatic heterocycles. The number of pyridine rings is 1. The normalized spacial score (nSPS) is 14.1. The first kappa shape index (κ1) is 20.6. The SMILES string of the molecule is CC(C)c1cnc(-c2ccc3c(c2)-c2ccccc2C3c2ccccc2)cc1-c1ccccc1. The Morgan fingerprint density at radius 3 is 2.03 bits per heavy atom. The third kappa shape index (κ3) is 3.45. The lowest BCUT2D eigenvalue weighted by atomic mass is 9.89. The molecule has 0 spiro atoms. The molecular formula is C33H27N. The average Bonchev–Trinajstić information content (AvgIpc) is 3.23. The van der Waals surface area contributed by atoms with Crippen molar-refractivity contribution in [2.45, 2.75) is 25.7 Å². The summed E-state index contributed by atoms with van der Waals surface area (Å²) < 4.78 is 0. The molecule has 0 bridgehead atoms. The van der Waals surface area contributed by atoms with Crippen LogP contribution < -0.4 is 0 Å². The van der Waals surface area contributed by atoms with Crippen molar-refractivity contribution in [3.8, 4) is 33.5 Å². The number of benzene rings is 4. The predicted octanol–water partition coefficient (Wildman–Crippen LogP) is 8.70. The van der Waals surface area contributed by atoms with Crippen molar-refractivity contribution < 1.29 is 0 Å². The Kier molecular flexibility index (Phi) is 5.11. The summed E-state index contributed by atoms with van der Waals surface area (Å²) in [5, 5.41) is 0. The van der Waals surface area contributed by atoms with E-state index in [1.165, 1.54) is 44.5 Å². The van der Waals surface area contributed by atoms with E-state index in [0.717, 1.165) is 11.3 Å². The highest BCUT2D eigenvalue weighted by Crippen LogP contribution is 2.49. The molecule has 4 aromatic carbocycles. The molecule has 0 amide bonds. The zero-order chi connectivity index (χ0) is 23.1. The van der Waals surface area contributed by atoms with E-state index in [9.17, 15) is 0 Å². The summed E-state index contributed by atoms with van der Waals surface area (Å²) in [5.74, 6) is 0.688. The van der Waals surface area contributed by atoms with Gasteiger partial charge in [0.25, 0.3) is 0 Å². The van der Waals surface area contributed by atoms with Gasteiger partial charge in [0.1, 0.15) is 0 Å². The minimum atomic E-state index is 0.276. The molecule has 1 nitrogen and oxygen atoms in total. The Labute approximate surface area is 201 Å². The molecule has 1 heteroatoms. The van der Waals surface area contributed by atoms with Crippen molar-refractivity contribution >= 4 is 0 Å². The summed E-state index contributed by atoms with van der Waals surface area (Å²) in [4.78, 5) is 4.91. The molecule has 5 aromatic rings. The lowest BCUT2D eigenvalue weighted by Gasteiger charge is -2.16. The van der Waals surface area contributed by atoms with Gasteiger partial charge in [0.15, 0.2) is 0 Å². The Balaban J connectivity index is 1.50. The Hall–Kier alpha value is -3.97. The minimum Gasteiger partial charge on any atom is -0.256 e. The van der Waals surface area contributed by atoms with Gasteiger partial charge in [-0.15, -0.1) is 0 Å². The first-order valence-corrected chi connectivity index (χ1v) is 12.0. The maximum absolute atomic E-state index is 4.91. The first-order chi connectivity index (χ1) is 16.7. The summed E-state index contributed by atoms with van der Waals surface area (Å²) in [6.07, 6.45) is 2.07. The highest BCUT2D eigenvalue weighted by molar-refractivity contribution is 5.84. The summed E-state index contributed by atoms with van der Waals surface area (Å²) >= 11 is 0. The molecule has 1 heterocycles. The van der Waals surface area contributed by atoms with Crippen LogP contribution in [0.15, 0.2) is 115 Å². The number of fused-ring (bicyclic) bond motifs is 3. The smallest absolute Gasteiger partial charge is 0.0708 e. The van der Waals surface area contributed by atoms with Crippen LogP contribution in [0.1, 0.15) is 47.9 Å². The fraction of sp³-hybridized carbons (Fsp3) is 0.121. The van der Waals surface area contributed by atoms with E-state index in [2.05, 4.69) is 129 Å². The Morgan fingerprint density at radius 2 is 1.26 bits per heavy atom. The number of hydrogen-bond acceptors (Lipinski definition) is 1. The molecule has 1 atom stereocenters. The van der Waals surface area contributed by atoms with Gasteiger partial charge in [-0.25, -0.2) is 0 Å². The van der Waals surface area contributed by atoms with Gasteiger partial charge in [0, 0.05) is 17.7 Å². The Morgan fingerprint density at radius 1 is 0.588 bits per heavy atom. The lowest BCUT2D eigenvalue weighted by molar-refractivity contribution is 0.861. The molecular weight excluding hydrogens is 410 g/mol. The van der Waals surface area contributed by atoms with Gasteiger partial charge in [0.2, 0.25) is 0 Å². The first-order valence-electron chi connectivity index (χ1n) is 12.0. The molecule has 0 aliphatic heterocycles. The van der Waals surface area contributed by atoms with E-state index < -0.39 is 0 Å². The topological polar surface area (TPSA) is 12.9 Å². The number of aromatic nitrogens is 1. The second-order valence-electron chi connectivity index (χ2n) is 9.41. The van der Waals surface area contributed by atoms with E-state index in [1.807, 2.05) is 0 Å². The maximum atomic E-state index is 4.91. The van der Waals surface area contributed by atoms with Gasteiger partial charge in [-0.3, -0.25) is 4.98 Å². The van der Waals surface area contributed by atoms with Crippen molar-refractivity contribution in [1.82, 2.24) is 4.98 Å². The maximum Gasteiger partial charge on any atom is 0.0708 e. The fourth-order valence-corrected chi connectivity index (χ4v) is 5.32. The molecule has 0 fully saturated rings. The zero-order valence-corrected chi connectivity index (χ0v) is 19.6. The standard InChI is InChI=1S/C33H27N/c1-22(2)31-21-34-32(20-29(31)23-11-5-3-6-12-23)25-17-18-28-30(19-25)26-15-9-10-16-27(26)33(28)24-13-7-4-8-14-24/h3-22,33H,1-2H3. The van der Waals surface area contributed by atoms with Crippen LogP contribution in [0.5, 0.6) is 0 Å². The average molecular weight is 438 g/mol. The van der Waals surface area contributed by atoms with Crippen molar-refractivity contribution in [2.75, 3.05) is 0 Å². The third-order valence-corrected chi connectivity index (χ3v) is 7.00. The van der Waals surface area contributed by atoms with Crippen LogP contribution in [0, 0.1) is 0 Å². The number of rotatable bonds is 4. The quantitative estimate of drug-likeness (QED) is 0.269. The number of nitrogens with zero attached hydrogens (tertiary/aromatic N) is 1. The molecule has 0 radical (unpaired) electrons. The molecule has 164 valence electrons. The summed E-state index contributed by atoms with van der Waals surface area (Å²) in [6.45, 7) is 4.47. The van der Waals surface area contributed by atoms with Crippen LogP contribution in [0.2, 0.25) is 0 Å². The lowest BCUT2D eigenvalue weighted by Crippen LogP contribution is -1.99. The molecule has 0 N–H and O–H groups in total. The van der Waals surface area contributed by atoms with E-state index in [0.29, 0.717) is 5.92 Å². The van der Waals surface area contributed by atoms with E-state index in [1.54, 1.807) is 0 Å². The molecule has 0 saturated carbocycles. The zero-order valence-electron chi connectivity index (χ0n) is 19.6. The van der Waals surface area contributed by atoms with Crippen LogP contribution in [0.4, 0.5) is 0 Å². The molecule has 0 saturated heterocycles. The largest absolute Gasteiger partial charge is 0.256 e. The molecule has 1 unspecified atom stereocenters. The van der Waals surface area contributed by atoms with Crippen LogP contribution in [-0.4, -0.2) is 4.98 Å². The number of hydrogen-bond donors (Lipinski definition) is 0. The molecule has 1 aliphatic rings. The summed E-state index contributed by atoms with van der Waals surface area (Å²) in [5.41, 5.74) is 12.7. The van der Waals surface area contributed by atoms with Gasteiger partial charge < -0.3 is 0 Å². The van der Waals surface area contributed by atoms with Crippen molar-refractivity contribution in [1.29, 1.82) is 0 Å². The third-order valence-electron chi connectivity index (χ3n) is 7.00. The van der Waals surface area contributed by atoms with Gasteiger partial charge in [-0.05, 0) is 62.6 Å². The Bertz CT molecular complexity index is 1470. The minimum absolute atomic E-state index is 0.276. The van der Waals surface area contributed by atoms with Gasteiger partial charge in [-0.2, -0.15) is 0 Å². The molecule has 6 rings (SSSR count). The second kappa shape index (κ2) is 8.43. The van der Waals surface area contributed by atoms with Crippen molar-refractivity contribution in [3.05, 3.63) is 138 Å². The van der Waals surface area contributed by atoms with Crippen molar-refractivity contribution in [3.63, 3.8) is 0 Å².